The van der Waals surface area contributed by atoms with Crippen LogP contribution in [0.2, 0.25) is 0 Å². The Balaban J connectivity index is 2.05. The van der Waals surface area contributed by atoms with E-state index >= 15 is 0 Å². The molecular weight excluding hydrogens is 342 g/mol. The number of likely N-dealkylation sites (tertiary alicyclic amines) is 1. The number of piperidine rings is 1. The van der Waals surface area contributed by atoms with Crippen LogP contribution in [0.25, 0.3) is 0 Å². The highest BCUT2D eigenvalue weighted by Crippen LogP contribution is 2.23. The van der Waals surface area contributed by atoms with Gasteiger partial charge in [0.2, 0.25) is 11.8 Å². The van der Waals surface area contributed by atoms with Crippen LogP contribution in [0.3, 0.4) is 0 Å². The standard InChI is InChI=1S/C21H31N3O3/c1-3-15(2)19(23-20(26)17-9-5-4-6-10-17)21(27)24-13-7-8-16(14-24)11-12-18(22)25/h4-6,9-10,15-16,19H,3,7-8,11-14H2,1-2H3,(H2,22,25)(H,23,26). The van der Waals surface area contributed by atoms with Gasteiger partial charge in [0.05, 0.1) is 0 Å². The number of primary amides is 1. The lowest BCUT2D eigenvalue weighted by atomic mass is 9.91. The van der Waals surface area contributed by atoms with Gasteiger partial charge in [-0.15, -0.1) is 0 Å². The maximum absolute atomic E-state index is 13.2. The van der Waals surface area contributed by atoms with Crippen molar-refractivity contribution in [1.29, 1.82) is 0 Å². The molecule has 2 rings (SSSR count). The molecule has 148 valence electrons. The second-order valence-corrected chi connectivity index (χ2v) is 7.50. The van der Waals surface area contributed by atoms with Gasteiger partial charge in [0.25, 0.3) is 5.91 Å². The predicted molar refractivity (Wildman–Crippen MR) is 105 cm³/mol. The van der Waals surface area contributed by atoms with E-state index in [1.165, 1.54) is 0 Å². The number of rotatable bonds is 8. The highest BCUT2D eigenvalue weighted by Gasteiger charge is 2.32. The summed E-state index contributed by atoms with van der Waals surface area (Å²) >= 11 is 0. The third kappa shape index (κ3) is 6.08. The predicted octanol–water partition coefficient (Wildman–Crippen LogP) is 2.34. The number of carbonyl (C=O) groups is 3. The molecule has 0 saturated carbocycles. The smallest absolute Gasteiger partial charge is 0.251 e. The summed E-state index contributed by atoms with van der Waals surface area (Å²) in [7, 11) is 0. The summed E-state index contributed by atoms with van der Waals surface area (Å²) in [6.45, 7) is 5.33. The molecule has 3 unspecified atom stereocenters. The van der Waals surface area contributed by atoms with Crippen LogP contribution < -0.4 is 11.1 Å². The van der Waals surface area contributed by atoms with Gasteiger partial charge >= 0.3 is 0 Å². The van der Waals surface area contributed by atoms with Gasteiger partial charge in [0.1, 0.15) is 6.04 Å². The summed E-state index contributed by atoms with van der Waals surface area (Å²) in [6.07, 6.45) is 3.77. The van der Waals surface area contributed by atoms with E-state index in [1.54, 1.807) is 12.1 Å². The second-order valence-electron chi connectivity index (χ2n) is 7.50. The van der Waals surface area contributed by atoms with Crippen molar-refractivity contribution in [3.8, 4) is 0 Å². The van der Waals surface area contributed by atoms with Gasteiger partial charge in [-0.2, -0.15) is 0 Å². The van der Waals surface area contributed by atoms with Crippen molar-refractivity contribution >= 4 is 17.7 Å². The summed E-state index contributed by atoms with van der Waals surface area (Å²) in [5.41, 5.74) is 5.81. The minimum Gasteiger partial charge on any atom is -0.370 e. The van der Waals surface area contributed by atoms with E-state index in [1.807, 2.05) is 36.9 Å². The first-order valence-electron chi connectivity index (χ1n) is 9.85. The average molecular weight is 373 g/mol. The maximum Gasteiger partial charge on any atom is 0.251 e. The topological polar surface area (TPSA) is 92.5 Å². The van der Waals surface area contributed by atoms with Gasteiger partial charge in [-0.25, -0.2) is 0 Å². The van der Waals surface area contributed by atoms with Crippen molar-refractivity contribution in [2.24, 2.45) is 17.6 Å². The quantitative estimate of drug-likeness (QED) is 0.732. The molecule has 0 aromatic heterocycles. The molecule has 0 aliphatic carbocycles. The minimum absolute atomic E-state index is 0.0302. The minimum atomic E-state index is -0.544. The van der Waals surface area contributed by atoms with E-state index in [9.17, 15) is 14.4 Å². The zero-order chi connectivity index (χ0) is 19.8. The Bertz CT molecular complexity index is 647. The molecule has 3 amide bonds. The van der Waals surface area contributed by atoms with Crippen molar-refractivity contribution in [3.05, 3.63) is 35.9 Å². The fourth-order valence-corrected chi connectivity index (χ4v) is 3.54. The number of carbonyl (C=O) groups excluding carboxylic acids is 3. The van der Waals surface area contributed by atoms with Crippen LogP contribution >= 0.6 is 0 Å². The van der Waals surface area contributed by atoms with Gasteiger partial charge in [-0.3, -0.25) is 14.4 Å². The number of nitrogens with one attached hydrogen (secondary N) is 1. The van der Waals surface area contributed by atoms with E-state index < -0.39 is 6.04 Å². The molecule has 1 heterocycles. The molecule has 3 N–H and O–H groups in total. The van der Waals surface area contributed by atoms with Crippen molar-refractivity contribution in [2.45, 2.75) is 52.0 Å². The van der Waals surface area contributed by atoms with Gasteiger partial charge in [0.15, 0.2) is 0 Å². The van der Waals surface area contributed by atoms with E-state index in [4.69, 9.17) is 5.73 Å². The lowest BCUT2D eigenvalue weighted by molar-refractivity contribution is -0.136. The highest BCUT2D eigenvalue weighted by atomic mass is 16.2. The SMILES string of the molecule is CCC(C)C(NC(=O)c1ccccc1)C(=O)N1CCCC(CCC(N)=O)C1. The zero-order valence-corrected chi connectivity index (χ0v) is 16.3. The number of nitrogens with two attached hydrogens (primary N) is 1. The third-order valence-corrected chi connectivity index (χ3v) is 5.43. The van der Waals surface area contributed by atoms with Gasteiger partial charge in [0, 0.05) is 25.1 Å². The molecule has 0 spiro atoms. The number of hydrogen-bond acceptors (Lipinski definition) is 3. The van der Waals surface area contributed by atoms with Crippen molar-refractivity contribution < 1.29 is 14.4 Å². The monoisotopic (exact) mass is 373 g/mol. The van der Waals surface area contributed by atoms with E-state index in [0.717, 1.165) is 19.3 Å². The van der Waals surface area contributed by atoms with Crippen LogP contribution in [0.1, 0.15) is 56.3 Å². The van der Waals surface area contributed by atoms with E-state index in [2.05, 4.69) is 5.32 Å². The summed E-state index contributed by atoms with van der Waals surface area (Å²) in [6, 6.07) is 8.42. The van der Waals surface area contributed by atoms with Gasteiger partial charge in [-0.1, -0.05) is 38.5 Å². The maximum atomic E-state index is 13.2. The Morgan fingerprint density at radius 2 is 1.96 bits per heavy atom. The highest BCUT2D eigenvalue weighted by molar-refractivity contribution is 5.97. The Morgan fingerprint density at radius 1 is 1.26 bits per heavy atom. The molecule has 0 radical (unpaired) electrons. The zero-order valence-electron chi connectivity index (χ0n) is 16.3. The van der Waals surface area contributed by atoms with Crippen LogP contribution in [0.5, 0.6) is 0 Å². The molecule has 1 aromatic rings. The summed E-state index contributed by atoms with van der Waals surface area (Å²) in [5, 5.41) is 2.94. The van der Waals surface area contributed by atoms with Crippen LogP contribution in [0, 0.1) is 11.8 Å². The summed E-state index contributed by atoms with van der Waals surface area (Å²) < 4.78 is 0. The first-order chi connectivity index (χ1) is 12.9. The number of benzene rings is 1. The molecule has 0 bridgehead atoms. The number of amides is 3. The average Bonchev–Trinajstić information content (AvgIpc) is 2.70. The number of hydrogen-bond donors (Lipinski definition) is 2. The normalized spacial score (nSPS) is 19.2. The molecular formula is C21H31N3O3. The summed E-state index contributed by atoms with van der Waals surface area (Å²) in [5.74, 6) is -0.228. The van der Waals surface area contributed by atoms with Crippen molar-refractivity contribution in [1.82, 2.24) is 10.2 Å². The first-order valence-corrected chi connectivity index (χ1v) is 9.85. The van der Waals surface area contributed by atoms with Crippen molar-refractivity contribution in [2.75, 3.05) is 13.1 Å². The third-order valence-electron chi connectivity index (χ3n) is 5.43. The molecule has 27 heavy (non-hydrogen) atoms. The molecule has 1 fully saturated rings. The molecule has 1 aromatic carbocycles. The lowest BCUT2D eigenvalue weighted by Crippen LogP contribution is -2.53. The number of nitrogens with zero attached hydrogens (tertiary/aromatic N) is 1. The molecule has 3 atom stereocenters. The van der Waals surface area contributed by atoms with E-state index in [0.29, 0.717) is 31.5 Å². The Morgan fingerprint density at radius 3 is 2.59 bits per heavy atom. The molecule has 6 nitrogen and oxygen atoms in total. The van der Waals surface area contributed by atoms with Crippen LogP contribution in [0.4, 0.5) is 0 Å². The van der Waals surface area contributed by atoms with Crippen LogP contribution in [0.15, 0.2) is 30.3 Å². The Hall–Kier alpha value is -2.37. The van der Waals surface area contributed by atoms with E-state index in [-0.39, 0.29) is 29.6 Å². The van der Waals surface area contributed by atoms with Crippen molar-refractivity contribution in [3.63, 3.8) is 0 Å². The largest absolute Gasteiger partial charge is 0.370 e. The first kappa shape index (κ1) is 20.9. The second kappa shape index (κ2) is 10.1. The van der Waals surface area contributed by atoms with Gasteiger partial charge in [-0.05, 0) is 43.2 Å². The Labute approximate surface area is 161 Å². The molecule has 1 aliphatic heterocycles. The Kier molecular flexibility index (Phi) is 7.82. The van der Waals surface area contributed by atoms with Crippen LogP contribution in [-0.4, -0.2) is 41.8 Å². The lowest BCUT2D eigenvalue weighted by Gasteiger charge is -2.36. The van der Waals surface area contributed by atoms with Crippen LogP contribution in [-0.2, 0) is 9.59 Å². The summed E-state index contributed by atoms with van der Waals surface area (Å²) in [4.78, 5) is 38.6. The molecule has 1 saturated heterocycles. The fraction of sp³-hybridized carbons (Fsp3) is 0.571. The fourth-order valence-electron chi connectivity index (χ4n) is 3.54. The van der Waals surface area contributed by atoms with Gasteiger partial charge < -0.3 is 16.0 Å². The molecule has 6 heteroatoms. The molecule has 1 aliphatic rings.